The first-order valence-electron chi connectivity index (χ1n) is 5.24. The van der Waals surface area contributed by atoms with Crippen LogP contribution in [0.4, 0.5) is 0 Å². The number of aryl methyl sites for hydroxylation is 1. The van der Waals surface area contributed by atoms with Crippen LogP contribution in [0.3, 0.4) is 0 Å². The minimum atomic E-state index is 0.296. The highest BCUT2D eigenvalue weighted by atomic mass is 16.5. The molecule has 0 aromatic carbocycles. The zero-order valence-electron chi connectivity index (χ0n) is 9.10. The van der Waals surface area contributed by atoms with Gasteiger partial charge in [-0.05, 0) is 26.8 Å². The quantitative estimate of drug-likeness (QED) is 0.741. The van der Waals surface area contributed by atoms with Crippen LogP contribution < -0.4 is 0 Å². The molecule has 1 aliphatic heterocycles. The van der Waals surface area contributed by atoms with Gasteiger partial charge in [0.25, 0.3) is 0 Å². The Morgan fingerprint density at radius 1 is 1.67 bits per heavy atom. The molecular weight excluding hydrogens is 190 g/mol. The molecule has 0 spiro atoms. The van der Waals surface area contributed by atoms with E-state index in [1.54, 1.807) is 0 Å². The molecule has 80 valence electrons. The van der Waals surface area contributed by atoms with E-state index in [2.05, 4.69) is 23.2 Å². The Balaban J connectivity index is 2.10. The molecule has 0 saturated carbocycles. The van der Waals surface area contributed by atoms with Crippen molar-refractivity contribution in [1.82, 2.24) is 10.1 Å². The molecule has 1 fully saturated rings. The second kappa shape index (κ2) is 4.03. The fourth-order valence-corrected chi connectivity index (χ4v) is 2.25. The number of hydrogen-bond donors (Lipinski definition) is 0. The van der Waals surface area contributed by atoms with Crippen molar-refractivity contribution in [3.63, 3.8) is 0 Å². The van der Waals surface area contributed by atoms with Crippen LogP contribution in [0.15, 0.2) is 10.6 Å². The van der Waals surface area contributed by atoms with E-state index >= 15 is 0 Å². The van der Waals surface area contributed by atoms with E-state index in [0.29, 0.717) is 18.5 Å². The zero-order chi connectivity index (χ0) is 10.8. The lowest BCUT2D eigenvalue weighted by Gasteiger charge is -2.21. The molecule has 0 N–H and O–H groups in total. The molecule has 4 heteroatoms. The van der Waals surface area contributed by atoms with Gasteiger partial charge in [-0.15, -0.1) is 0 Å². The molecule has 1 aliphatic rings. The second-order valence-corrected chi connectivity index (χ2v) is 4.15. The maximum Gasteiger partial charge on any atom is 0.154 e. The number of aromatic nitrogens is 1. The maximum absolute atomic E-state index is 8.69. The van der Waals surface area contributed by atoms with Crippen LogP contribution >= 0.6 is 0 Å². The number of nitrogens with zero attached hydrogens (tertiary/aromatic N) is 3. The van der Waals surface area contributed by atoms with E-state index in [0.717, 1.165) is 24.3 Å². The van der Waals surface area contributed by atoms with Gasteiger partial charge < -0.3 is 4.52 Å². The number of hydrogen-bond acceptors (Lipinski definition) is 4. The molecule has 0 unspecified atom stereocenters. The molecule has 2 heterocycles. The van der Waals surface area contributed by atoms with E-state index < -0.39 is 0 Å². The first-order valence-corrected chi connectivity index (χ1v) is 5.24. The van der Waals surface area contributed by atoms with Gasteiger partial charge in [0.15, 0.2) is 5.76 Å². The van der Waals surface area contributed by atoms with Gasteiger partial charge in [0.2, 0.25) is 0 Å². The predicted octanol–water partition coefficient (Wildman–Crippen LogP) is 2.03. The first kappa shape index (κ1) is 10.2. The lowest BCUT2D eigenvalue weighted by Crippen LogP contribution is -2.26. The van der Waals surface area contributed by atoms with Crippen LogP contribution in [0.1, 0.15) is 36.8 Å². The summed E-state index contributed by atoms with van der Waals surface area (Å²) in [5.41, 5.74) is 0.919. The standard InChI is InChI=1S/C11H15N3O/c1-8-7-11(15-13-8)10-4-3-9(5-6-12)14(10)2/h7,9-10H,3-5H2,1-2H3/t9-,10+/m1/s1. The Morgan fingerprint density at radius 3 is 3.07 bits per heavy atom. The number of nitriles is 1. The van der Waals surface area contributed by atoms with Crippen LogP contribution in [-0.4, -0.2) is 23.1 Å². The number of rotatable bonds is 2. The van der Waals surface area contributed by atoms with Gasteiger partial charge in [-0.25, -0.2) is 0 Å². The van der Waals surface area contributed by atoms with E-state index in [1.165, 1.54) is 0 Å². The van der Waals surface area contributed by atoms with Gasteiger partial charge in [0.1, 0.15) is 0 Å². The van der Waals surface area contributed by atoms with Crippen molar-refractivity contribution in [2.75, 3.05) is 7.05 Å². The van der Waals surface area contributed by atoms with Gasteiger partial charge in [0, 0.05) is 12.1 Å². The molecule has 0 radical (unpaired) electrons. The van der Waals surface area contributed by atoms with Crippen molar-refractivity contribution >= 4 is 0 Å². The Hall–Kier alpha value is -1.34. The Labute approximate surface area is 89.5 Å². The first-order chi connectivity index (χ1) is 7.22. The molecule has 0 bridgehead atoms. The van der Waals surface area contributed by atoms with Gasteiger partial charge in [-0.2, -0.15) is 5.26 Å². The largest absolute Gasteiger partial charge is 0.359 e. The van der Waals surface area contributed by atoms with Crippen molar-refractivity contribution in [3.8, 4) is 6.07 Å². The SMILES string of the molecule is Cc1cc([C@@H]2CC[C@H](CC#N)N2C)on1. The summed E-state index contributed by atoms with van der Waals surface area (Å²) >= 11 is 0. The minimum absolute atomic E-state index is 0.296. The highest BCUT2D eigenvalue weighted by Gasteiger charge is 2.33. The van der Waals surface area contributed by atoms with Gasteiger partial charge in [-0.1, -0.05) is 5.16 Å². The molecule has 1 aromatic heterocycles. The molecule has 2 atom stereocenters. The van der Waals surface area contributed by atoms with Crippen LogP contribution in [0.2, 0.25) is 0 Å². The summed E-state index contributed by atoms with van der Waals surface area (Å²) in [7, 11) is 2.05. The van der Waals surface area contributed by atoms with Gasteiger partial charge in [-0.3, -0.25) is 4.90 Å². The molecular formula is C11H15N3O. The fourth-order valence-electron chi connectivity index (χ4n) is 2.25. The third-order valence-corrected chi connectivity index (χ3v) is 3.14. The molecule has 2 rings (SSSR count). The van der Waals surface area contributed by atoms with Crippen LogP contribution in [0.25, 0.3) is 0 Å². The van der Waals surface area contributed by atoms with Crippen LogP contribution in [0.5, 0.6) is 0 Å². The van der Waals surface area contributed by atoms with Gasteiger partial charge >= 0.3 is 0 Å². The summed E-state index contributed by atoms with van der Waals surface area (Å²) in [6.07, 6.45) is 2.71. The maximum atomic E-state index is 8.69. The molecule has 0 aliphatic carbocycles. The highest BCUT2D eigenvalue weighted by molar-refractivity contribution is 5.10. The molecule has 1 aromatic rings. The van der Waals surface area contributed by atoms with E-state index in [4.69, 9.17) is 9.78 Å². The van der Waals surface area contributed by atoms with Crippen molar-refractivity contribution in [1.29, 1.82) is 5.26 Å². The molecule has 15 heavy (non-hydrogen) atoms. The summed E-state index contributed by atoms with van der Waals surface area (Å²) in [6.45, 7) is 1.93. The third-order valence-electron chi connectivity index (χ3n) is 3.14. The van der Waals surface area contributed by atoms with Crippen LogP contribution in [0, 0.1) is 18.3 Å². The molecule has 0 amide bonds. The summed E-state index contributed by atoms with van der Waals surface area (Å²) < 4.78 is 5.27. The van der Waals surface area contributed by atoms with Crippen molar-refractivity contribution in [2.45, 2.75) is 38.3 Å². The summed E-state index contributed by atoms with van der Waals surface area (Å²) in [5, 5.41) is 12.6. The molecule has 4 nitrogen and oxygen atoms in total. The molecule has 1 saturated heterocycles. The minimum Gasteiger partial charge on any atom is -0.359 e. The summed E-state index contributed by atoms with van der Waals surface area (Å²) in [5.74, 6) is 0.926. The lowest BCUT2D eigenvalue weighted by molar-refractivity contribution is 0.207. The Morgan fingerprint density at radius 2 is 2.47 bits per heavy atom. The number of likely N-dealkylation sites (tertiary alicyclic amines) is 1. The third kappa shape index (κ3) is 1.88. The second-order valence-electron chi connectivity index (χ2n) is 4.15. The zero-order valence-corrected chi connectivity index (χ0v) is 9.10. The normalized spacial score (nSPS) is 26.7. The van der Waals surface area contributed by atoms with Gasteiger partial charge in [0.05, 0.1) is 24.2 Å². The Kier molecular flexibility index (Phi) is 2.74. The van der Waals surface area contributed by atoms with Crippen molar-refractivity contribution < 1.29 is 4.52 Å². The summed E-state index contributed by atoms with van der Waals surface area (Å²) in [4.78, 5) is 2.23. The average molecular weight is 205 g/mol. The van der Waals surface area contributed by atoms with Crippen molar-refractivity contribution in [2.24, 2.45) is 0 Å². The highest BCUT2D eigenvalue weighted by Crippen LogP contribution is 2.35. The van der Waals surface area contributed by atoms with Crippen LogP contribution in [-0.2, 0) is 0 Å². The van der Waals surface area contributed by atoms with E-state index in [-0.39, 0.29) is 0 Å². The predicted molar refractivity (Wildman–Crippen MR) is 55.0 cm³/mol. The fraction of sp³-hybridized carbons (Fsp3) is 0.636. The topological polar surface area (TPSA) is 53.1 Å². The lowest BCUT2D eigenvalue weighted by atomic mass is 10.1. The van der Waals surface area contributed by atoms with E-state index in [1.807, 2.05) is 13.0 Å². The smallest absolute Gasteiger partial charge is 0.154 e. The average Bonchev–Trinajstić information content (AvgIpc) is 2.76. The Bertz CT molecular complexity index is 379. The summed E-state index contributed by atoms with van der Waals surface area (Å²) in [6, 6.07) is 4.87. The van der Waals surface area contributed by atoms with Crippen molar-refractivity contribution in [3.05, 3.63) is 17.5 Å². The van der Waals surface area contributed by atoms with E-state index in [9.17, 15) is 0 Å². The monoisotopic (exact) mass is 205 g/mol.